The van der Waals surface area contributed by atoms with E-state index in [2.05, 4.69) is 30.7 Å². The van der Waals surface area contributed by atoms with E-state index in [4.69, 9.17) is 10.5 Å². The summed E-state index contributed by atoms with van der Waals surface area (Å²) in [7, 11) is -3.79. The van der Waals surface area contributed by atoms with Crippen LogP contribution < -0.4 is 15.2 Å². The van der Waals surface area contributed by atoms with Crippen molar-refractivity contribution in [1.82, 2.24) is 0 Å². The third-order valence-corrected chi connectivity index (χ3v) is 7.03. The van der Waals surface area contributed by atoms with Crippen molar-refractivity contribution in [1.29, 1.82) is 0 Å². The molecule has 0 atom stereocenters. The minimum atomic E-state index is -3.79. The first-order chi connectivity index (χ1) is 15.0. The summed E-state index contributed by atoms with van der Waals surface area (Å²) in [5, 5.41) is 0. The van der Waals surface area contributed by atoms with Crippen molar-refractivity contribution < 1.29 is 13.2 Å². The quantitative estimate of drug-likeness (QED) is 0.386. The van der Waals surface area contributed by atoms with Gasteiger partial charge in [-0.3, -0.25) is 4.72 Å². The van der Waals surface area contributed by atoms with Crippen molar-refractivity contribution >= 4 is 15.7 Å². The summed E-state index contributed by atoms with van der Waals surface area (Å²) in [6.07, 6.45) is 1.76. The number of rotatable bonds is 11. The van der Waals surface area contributed by atoms with Crippen LogP contribution in [0.1, 0.15) is 94.4 Å². The molecule has 2 rings (SSSR count). The molecule has 0 aliphatic carbocycles. The summed E-state index contributed by atoms with van der Waals surface area (Å²) >= 11 is 0. The summed E-state index contributed by atoms with van der Waals surface area (Å²) < 4.78 is 36.0. The molecule has 5 nitrogen and oxygen atoms in total. The van der Waals surface area contributed by atoms with Crippen LogP contribution in [0.2, 0.25) is 0 Å². The van der Waals surface area contributed by atoms with Crippen LogP contribution in [-0.2, 0) is 10.0 Å². The Morgan fingerprint density at radius 3 is 1.97 bits per heavy atom. The fourth-order valence-corrected chi connectivity index (χ4v) is 5.47. The monoisotopic (exact) mass is 460 g/mol. The third-order valence-electron chi connectivity index (χ3n) is 5.52. The summed E-state index contributed by atoms with van der Waals surface area (Å²) in [5.41, 5.74) is 9.87. The number of anilines is 1. The second-order valence-electron chi connectivity index (χ2n) is 9.48. The van der Waals surface area contributed by atoms with Crippen molar-refractivity contribution in [3.8, 4) is 5.75 Å². The second kappa shape index (κ2) is 11.2. The molecule has 0 saturated carbocycles. The Labute approximate surface area is 194 Å². The highest BCUT2D eigenvalue weighted by molar-refractivity contribution is 7.92. The van der Waals surface area contributed by atoms with Crippen molar-refractivity contribution in [2.24, 2.45) is 5.73 Å². The molecule has 6 heteroatoms. The molecule has 178 valence electrons. The summed E-state index contributed by atoms with van der Waals surface area (Å²) in [4.78, 5) is 0.402. The number of aryl methyl sites for hydroxylation is 1. The lowest BCUT2D eigenvalue weighted by Crippen LogP contribution is -2.19. The van der Waals surface area contributed by atoms with Gasteiger partial charge in [0.05, 0.1) is 17.2 Å². The molecule has 0 bridgehead atoms. The molecule has 0 radical (unpaired) electrons. The predicted octanol–water partition coefficient (Wildman–Crippen LogP) is 6.28. The van der Waals surface area contributed by atoms with Crippen LogP contribution in [-0.4, -0.2) is 21.6 Å². The molecule has 0 saturated heterocycles. The van der Waals surface area contributed by atoms with Crippen molar-refractivity contribution in [3.05, 3.63) is 52.6 Å². The van der Waals surface area contributed by atoms with Gasteiger partial charge in [0.15, 0.2) is 0 Å². The van der Waals surface area contributed by atoms with Gasteiger partial charge in [-0.15, -0.1) is 0 Å². The van der Waals surface area contributed by atoms with Gasteiger partial charge in [-0.1, -0.05) is 53.7 Å². The minimum Gasteiger partial charge on any atom is -0.494 e. The Hall–Kier alpha value is -2.05. The molecule has 0 fully saturated rings. The summed E-state index contributed by atoms with van der Waals surface area (Å²) in [6, 6.07) is 9.60. The van der Waals surface area contributed by atoms with E-state index in [0.717, 1.165) is 29.5 Å². The van der Waals surface area contributed by atoms with Gasteiger partial charge in [-0.05, 0) is 78.5 Å². The Morgan fingerprint density at radius 1 is 0.875 bits per heavy atom. The zero-order valence-corrected chi connectivity index (χ0v) is 21.5. The number of unbranched alkanes of at least 4 members (excludes halogenated alkanes) is 1. The van der Waals surface area contributed by atoms with E-state index in [-0.39, 0.29) is 11.8 Å². The van der Waals surface area contributed by atoms with Gasteiger partial charge >= 0.3 is 0 Å². The van der Waals surface area contributed by atoms with Gasteiger partial charge in [-0.25, -0.2) is 8.42 Å². The van der Waals surface area contributed by atoms with E-state index in [1.807, 2.05) is 46.8 Å². The van der Waals surface area contributed by atoms with Gasteiger partial charge in [-0.2, -0.15) is 0 Å². The maximum atomic E-state index is 13.7. The number of nitrogens with two attached hydrogens (primary N) is 1. The maximum Gasteiger partial charge on any atom is 0.262 e. The highest BCUT2D eigenvalue weighted by atomic mass is 32.2. The Bertz CT molecular complexity index is 983. The van der Waals surface area contributed by atoms with E-state index < -0.39 is 10.0 Å². The third kappa shape index (κ3) is 6.72. The van der Waals surface area contributed by atoms with Gasteiger partial charge in [0.1, 0.15) is 5.75 Å². The Balaban J connectivity index is 2.49. The lowest BCUT2D eigenvalue weighted by Gasteiger charge is -2.23. The fourth-order valence-electron chi connectivity index (χ4n) is 3.73. The number of nitrogens with one attached hydrogen (secondary N) is 1. The van der Waals surface area contributed by atoms with E-state index in [0.29, 0.717) is 35.4 Å². The van der Waals surface area contributed by atoms with Crippen LogP contribution in [0.5, 0.6) is 5.75 Å². The molecule has 0 aromatic heterocycles. The maximum absolute atomic E-state index is 13.7. The zero-order chi connectivity index (χ0) is 24.1. The smallest absolute Gasteiger partial charge is 0.262 e. The van der Waals surface area contributed by atoms with Gasteiger partial charge in [0.2, 0.25) is 0 Å². The molecule has 0 heterocycles. The van der Waals surface area contributed by atoms with E-state index >= 15 is 0 Å². The lowest BCUT2D eigenvalue weighted by molar-refractivity contribution is 0.308. The number of hydrogen-bond donors (Lipinski definition) is 2. The normalized spacial score (nSPS) is 12.1. The van der Waals surface area contributed by atoms with Crippen molar-refractivity contribution in [3.63, 3.8) is 0 Å². The number of sulfonamides is 1. The first kappa shape index (κ1) is 26.2. The average Bonchev–Trinajstić information content (AvgIpc) is 2.69. The number of hydrogen-bond acceptors (Lipinski definition) is 4. The number of benzene rings is 2. The van der Waals surface area contributed by atoms with E-state index in [9.17, 15) is 8.42 Å². The summed E-state index contributed by atoms with van der Waals surface area (Å²) in [6.45, 7) is 15.6. The largest absolute Gasteiger partial charge is 0.494 e. The predicted molar refractivity (Wildman–Crippen MR) is 134 cm³/mol. The molecule has 2 aromatic rings. The highest BCUT2D eigenvalue weighted by Crippen LogP contribution is 2.36. The highest BCUT2D eigenvalue weighted by Gasteiger charge is 2.27. The van der Waals surface area contributed by atoms with Crippen LogP contribution in [0.4, 0.5) is 5.69 Å². The zero-order valence-electron chi connectivity index (χ0n) is 20.7. The fraction of sp³-hybridized carbons (Fsp3) is 0.538. The molecule has 3 N–H and O–H groups in total. The molecular formula is C26H40N2O3S. The standard InChI is InChI=1S/C26H40N2O3S/c1-17(2)21-14-24(18(3)4)26(25(15-21)19(5)6)32(29,30)28-22-12-20(7)13-23(16-22)31-11-9-8-10-27/h12-19,28H,8-11,27H2,1-7H3. The van der Waals surface area contributed by atoms with Crippen LogP contribution in [0.3, 0.4) is 0 Å². The molecule has 0 amide bonds. The van der Waals surface area contributed by atoms with Crippen LogP contribution in [0.25, 0.3) is 0 Å². The SMILES string of the molecule is Cc1cc(NS(=O)(=O)c2c(C(C)C)cc(C(C)C)cc2C(C)C)cc(OCCCCN)c1. The minimum absolute atomic E-state index is 0.0803. The second-order valence-corrected chi connectivity index (χ2v) is 11.1. The van der Waals surface area contributed by atoms with Crippen molar-refractivity contribution in [2.75, 3.05) is 17.9 Å². The summed E-state index contributed by atoms with van der Waals surface area (Å²) in [5.74, 6) is 1.14. The average molecular weight is 461 g/mol. The number of ether oxygens (including phenoxy) is 1. The first-order valence-electron chi connectivity index (χ1n) is 11.6. The van der Waals surface area contributed by atoms with Gasteiger partial charge in [0, 0.05) is 6.07 Å². The molecular weight excluding hydrogens is 420 g/mol. The van der Waals surface area contributed by atoms with Crippen LogP contribution in [0.15, 0.2) is 35.2 Å². The molecule has 2 aromatic carbocycles. The first-order valence-corrected chi connectivity index (χ1v) is 13.1. The van der Waals surface area contributed by atoms with E-state index in [1.54, 1.807) is 6.07 Å². The topological polar surface area (TPSA) is 81.4 Å². The molecule has 0 spiro atoms. The van der Waals surface area contributed by atoms with Crippen LogP contribution in [0, 0.1) is 6.92 Å². The van der Waals surface area contributed by atoms with E-state index in [1.165, 1.54) is 5.56 Å². The molecule has 32 heavy (non-hydrogen) atoms. The molecule has 0 aliphatic heterocycles. The van der Waals surface area contributed by atoms with Gasteiger partial charge < -0.3 is 10.5 Å². The Morgan fingerprint density at radius 2 is 1.47 bits per heavy atom. The van der Waals surface area contributed by atoms with Crippen LogP contribution >= 0.6 is 0 Å². The lowest BCUT2D eigenvalue weighted by atomic mass is 9.89. The molecule has 0 aliphatic rings. The van der Waals surface area contributed by atoms with Crippen molar-refractivity contribution in [2.45, 2.75) is 84.0 Å². The Kier molecular flexibility index (Phi) is 9.17. The van der Waals surface area contributed by atoms with Gasteiger partial charge in [0.25, 0.3) is 10.0 Å². The molecule has 0 unspecified atom stereocenters.